The van der Waals surface area contributed by atoms with E-state index >= 15 is 0 Å². The van der Waals surface area contributed by atoms with Crippen LogP contribution in [0.25, 0.3) is 0 Å². The van der Waals surface area contributed by atoms with Crippen LogP contribution < -0.4 is 0 Å². The summed E-state index contributed by atoms with van der Waals surface area (Å²) in [5, 5.41) is 0. The predicted molar refractivity (Wildman–Crippen MR) is 73.4 cm³/mol. The summed E-state index contributed by atoms with van der Waals surface area (Å²) < 4.78 is 0. The molecule has 1 amide bonds. The normalized spacial score (nSPS) is 15.9. The summed E-state index contributed by atoms with van der Waals surface area (Å²) in [7, 11) is 0. The fraction of sp³-hybridized carbons (Fsp3) is 0.500. The Hall–Kier alpha value is -0.960. The van der Waals surface area contributed by atoms with Gasteiger partial charge in [-0.2, -0.15) is 11.8 Å². The number of piperidine rings is 1. The van der Waals surface area contributed by atoms with Gasteiger partial charge in [-0.25, -0.2) is 0 Å². The average molecular weight is 249 g/mol. The molecular formula is C14H19NOS. The molecule has 0 aliphatic carbocycles. The zero-order valence-electron chi connectivity index (χ0n) is 10.3. The Labute approximate surface area is 107 Å². The number of carbonyl (C=O) groups excluding carboxylic acids is 1. The Bertz CT molecular complexity index is 368. The molecule has 0 N–H and O–H groups in total. The van der Waals surface area contributed by atoms with Gasteiger partial charge in [-0.05, 0) is 43.2 Å². The second-order valence-electron chi connectivity index (χ2n) is 4.48. The maximum Gasteiger partial charge on any atom is 0.253 e. The number of likely N-dealkylation sites (tertiary alicyclic amines) is 1. The molecule has 0 atom stereocenters. The zero-order valence-corrected chi connectivity index (χ0v) is 11.1. The fourth-order valence-electron chi connectivity index (χ4n) is 2.19. The van der Waals surface area contributed by atoms with Crippen LogP contribution in [0.1, 0.15) is 35.2 Å². The van der Waals surface area contributed by atoms with E-state index in [1.54, 1.807) is 11.8 Å². The minimum Gasteiger partial charge on any atom is -0.339 e. The van der Waals surface area contributed by atoms with E-state index in [1.807, 2.05) is 17.0 Å². The third kappa shape index (κ3) is 3.25. The third-order valence-electron chi connectivity index (χ3n) is 3.16. The van der Waals surface area contributed by atoms with Crippen LogP contribution in [0.2, 0.25) is 0 Å². The number of thioether (sulfide) groups is 1. The van der Waals surface area contributed by atoms with Crippen molar-refractivity contribution < 1.29 is 4.79 Å². The van der Waals surface area contributed by atoms with E-state index in [9.17, 15) is 4.79 Å². The highest BCUT2D eigenvalue weighted by Gasteiger charge is 2.17. The van der Waals surface area contributed by atoms with Gasteiger partial charge in [0.2, 0.25) is 0 Å². The quantitative estimate of drug-likeness (QED) is 0.820. The van der Waals surface area contributed by atoms with Crippen molar-refractivity contribution in [2.75, 3.05) is 19.3 Å². The summed E-state index contributed by atoms with van der Waals surface area (Å²) in [5.41, 5.74) is 2.12. The fourth-order valence-corrected chi connectivity index (χ4v) is 2.72. The first-order valence-electron chi connectivity index (χ1n) is 6.18. The van der Waals surface area contributed by atoms with Crippen molar-refractivity contribution in [3.63, 3.8) is 0 Å². The predicted octanol–water partition coefficient (Wildman–Crippen LogP) is 3.18. The minimum absolute atomic E-state index is 0.195. The molecule has 0 unspecified atom stereocenters. The molecule has 0 spiro atoms. The Morgan fingerprint density at radius 3 is 2.41 bits per heavy atom. The summed E-state index contributed by atoms with van der Waals surface area (Å²) in [6, 6.07) is 8.05. The Morgan fingerprint density at radius 1 is 1.18 bits per heavy atom. The summed E-state index contributed by atoms with van der Waals surface area (Å²) in [4.78, 5) is 14.2. The van der Waals surface area contributed by atoms with Gasteiger partial charge in [-0.1, -0.05) is 12.1 Å². The van der Waals surface area contributed by atoms with E-state index in [-0.39, 0.29) is 5.91 Å². The molecule has 1 aliphatic heterocycles. The molecule has 0 aromatic heterocycles. The van der Waals surface area contributed by atoms with Gasteiger partial charge in [0.05, 0.1) is 0 Å². The van der Waals surface area contributed by atoms with Crippen LogP contribution in [0.15, 0.2) is 24.3 Å². The first kappa shape index (κ1) is 12.5. The van der Waals surface area contributed by atoms with E-state index in [1.165, 1.54) is 12.0 Å². The first-order valence-corrected chi connectivity index (χ1v) is 7.58. The van der Waals surface area contributed by atoms with Crippen LogP contribution in [0, 0.1) is 0 Å². The van der Waals surface area contributed by atoms with Crippen molar-refractivity contribution in [3.05, 3.63) is 35.4 Å². The lowest BCUT2D eigenvalue weighted by atomic mass is 10.1. The average Bonchev–Trinajstić information content (AvgIpc) is 2.40. The number of benzene rings is 1. The van der Waals surface area contributed by atoms with Gasteiger partial charge >= 0.3 is 0 Å². The van der Waals surface area contributed by atoms with Gasteiger partial charge in [0.1, 0.15) is 0 Å². The van der Waals surface area contributed by atoms with Gasteiger partial charge in [0.25, 0.3) is 5.91 Å². The second kappa shape index (κ2) is 6.10. The summed E-state index contributed by atoms with van der Waals surface area (Å²) in [5.74, 6) is 1.21. The van der Waals surface area contributed by atoms with Gasteiger partial charge in [0, 0.05) is 24.4 Å². The molecule has 1 aromatic carbocycles. The van der Waals surface area contributed by atoms with Crippen molar-refractivity contribution in [2.45, 2.75) is 25.0 Å². The number of hydrogen-bond donors (Lipinski definition) is 0. The second-order valence-corrected chi connectivity index (χ2v) is 5.35. The number of rotatable bonds is 3. The van der Waals surface area contributed by atoms with Crippen molar-refractivity contribution >= 4 is 17.7 Å². The highest BCUT2D eigenvalue weighted by atomic mass is 32.2. The van der Waals surface area contributed by atoms with Crippen LogP contribution in [0.5, 0.6) is 0 Å². The topological polar surface area (TPSA) is 20.3 Å². The first-order chi connectivity index (χ1) is 8.31. The molecule has 92 valence electrons. The van der Waals surface area contributed by atoms with Gasteiger partial charge < -0.3 is 4.90 Å². The van der Waals surface area contributed by atoms with Crippen LogP contribution >= 0.6 is 11.8 Å². The van der Waals surface area contributed by atoms with E-state index in [2.05, 4.69) is 18.4 Å². The molecule has 1 saturated heterocycles. The molecule has 0 radical (unpaired) electrons. The third-order valence-corrected chi connectivity index (χ3v) is 3.78. The van der Waals surface area contributed by atoms with Crippen LogP contribution in [0.4, 0.5) is 0 Å². The molecule has 1 aliphatic rings. The maximum atomic E-state index is 12.2. The number of hydrogen-bond acceptors (Lipinski definition) is 2. The van der Waals surface area contributed by atoms with E-state index in [4.69, 9.17) is 0 Å². The summed E-state index contributed by atoms with van der Waals surface area (Å²) in [6.07, 6.45) is 5.65. The standard InChI is InChI=1S/C14H19NOS/c1-17-11-12-5-7-13(8-6-12)14(16)15-9-3-2-4-10-15/h5-8H,2-4,9-11H2,1H3. The Kier molecular flexibility index (Phi) is 4.49. The van der Waals surface area contributed by atoms with Gasteiger partial charge in [-0.15, -0.1) is 0 Å². The van der Waals surface area contributed by atoms with E-state index in [0.717, 1.165) is 37.2 Å². The molecule has 2 rings (SSSR count). The number of nitrogens with zero attached hydrogens (tertiary/aromatic N) is 1. The molecular weight excluding hydrogens is 230 g/mol. The minimum atomic E-state index is 0.195. The van der Waals surface area contributed by atoms with E-state index in [0.29, 0.717) is 0 Å². The van der Waals surface area contributed by atoms with Crippen LogP contribution in [-0.2, 0) is 5.75 Å². The monoisotopic (exact) mass is 249 g/mol. The molecule has 1 fully saturated rings. The lowest BCUT2D eigenvalue weighted by Crippen LogP contribution is -2.35. The lowest BCUT2D eigenvalue weighted by Gasteiger charge is -2.26. The number of carbonyl (C=O) groups is 1. The smallest absolute Gasteiger partial charge is 0.253 e. The molecule has 0 saturated carbocycles. The van der Waals surface area contributed by atoms with Crippen LogP contribution in [-0.4, -0.2) is 30.2 Å². The number of amides is 1. The van der Waals surface area contributed by atoms with Crippen LogP contribution in [0.3, 0.4) is 0 Å². The van der Waals surface area contributed by atoms with Crippen molar-refractivity contribution in [2.24, 2.45) is 0 Å². The highest BCUT2D eigenvalue weighted by molar-refractivity contribution is 7.97. The summed E-state index contributed by atoms with van der Waals surface area (Å²) >= 11 is 1.80. The van der Waals surface area contributed by atoms with Gasteiger partial charge in [0.15, 0.2) is 0 Å². The SMILES string of the molecule is CSCc1ccc(C(=O)N2CCCCC2)cc1. The molecule has 17 heavy (non-hydrogen) atoms. The molecule has 1 heterocycles. The van der Waals surface area contributed by atoms with Crippen molar-refractivity contribution in [1.82, 2.24) is 4.90 Å². The zero-order chi connectivity index (χ0) is 12.1. The van der Waals surface area contributed by atoms with E-state index < -0.39 is 0 Å². The Balaban J connectivity index is 2.03. The molecule has 3 heteroatoms. The maximum absolute atomic E-state index is 12.2. The summed E-state index contributed by atoms with van der Waals surface area (Å²) in [6.45, 7) is 1.84. The largest absolute Gasteiger partial charge is 0.339 e. The van der Waals surface area contributed by atoms with Crippen molar-refractivity contribution in [3.8, 4) is 0 Å². The molecule has 2 nitrogen and oxygen atoms in total. The van der Waals surface area contributed by atoms with Gasteiger partial charge in [-0.3, -0.25) is 4.79 Å². The Morgan fingerprint density at radius 2 is 1.82 bits per heavy atom. The highest BCUT2D eigenvalue weighted by Crippen LogP contribution is 2.15. The van der Waals surface area contributed by atoms with Crippen molar-refractivity contribution in [1.29, 1.82) is 0 Å². The molecule has 1 aromatic rings. The molecule has 0 bridgehead atoms. The lowest BCUT2D eigenvalue weighted by molar-refractivity contribution is 0.0724.